The molecule has 2 N–H and O–H groups in total. The number of aryl methyl sites for hydroxylation is 2. The zero-order chi connectivity index (χ0) is 23.3. The number of halogens is 1. The number of nitrogens with one attached hydrogen (secondary N) is 2. The van der Waals surface area contributed by atoms with Crippen LogP contribution in [0.2, 0.25) is 5.02 Å². The van der Waals surface area contributed by atoms with Crippen LogP contribution in [0.15, 0.2) is 71.6 Å². The molecule has 0 fully saturated rings. The van der Waals surface area contributed by atoms with Gasteiger partial charge in [0.2, 0.25) is 0 Å². The Balaban J connectivity index is 1.68. The smallest absolute Gasteiger partial charge is 0.265 e. The van der Waals surface area contributed by atoms with Crippen molar-refractivity contribution in [2.24, 2.45) is 0 Å². The first-order valence-corrected chi connectivity index (χ1v) is 12.0. The molecule has 0 aliphatic rings. The molecule has 0 aliphatic heterocycles. The number of amides is 1. The molecule has 0 heterocycles. The lowest BCUT2D eigenvalue weighted by atomic mass is 10.2. The van der Waals surface area contributed by atoms with E-state index in [9.17, 15) is 13.2 Å². The van der Waals surface area contributed by atoms with E-state index in [0.29, 0.717) is 28.6 Å². The number of sulfonamides is 1. The monoisotopic (exact) mass is 472 g/mol. The molecule has 0 aliphatic carbocycles. The average molecular weight is 473 g/mol. The highest BCUT2D eigenvalue weighted by molar-refractivity contribution is 7.92. The predicted octanol–water partition coefficient (Wildman–Crippen LogP) is 5.55. The van der Waals surface area contributed by atoms with Crippen molar-refractivity contribution in [1.82, 2.24) is 0 Å². The van der Waals surface area contributed by atoms with E-state index >= 15 is 0 Å². The second-order valence-corrected chi connectivity index (χ2v) is 9.45. The van der Waals surface area contributed by atoms with E-state index in [1.807, 2.05) is 45.0 Å². The zero-order valence-corrected chi connectivity index (χ0v) is 19.6. The van der Waals surface area contributed by atoms with Crippen LogP contribution < -0.4 is 14.8 Å². The second kappa shape index (κ2) is 10.1. The van der Waals surface area contributed by atoms with Gasteiger partial charge in [0.25, 0.3) is 15.9 Å². The summed E-state index contributed by atoms with van der Waals surface area (Å²) in [5.74, 6) is 0.344. The highest BCUT2D eigenvalue weighted by atomic mass is 35.5. The van der Waals surface area contributed by atoms with Crippen LogP contribution >= 0.6 is 11.6 Å². The van der Waals surface area contributed by atoms with Crippen molar-refractivity contribution >= 4 is 38.9 Å². The van der Waals surface area contributed by atoms with Crippen LogP contribution in [0.1, 0.15) is 24.5 Å². The van der Waals surface area contributed by atoms with E-state index in [0.717, 1.165) is 11.1 Å². The molecule has 0 bridgehead atoms. The van der Waals surface area contributed by atoms with E-state index < -0.39 is 16.1 Å². The van der Waals surface area contributed by atoms with Crippen LogP contribution in [0.3, 0.4) is 0 Å². The Morgan fingerprint density at radius 2 is 1.62 bits per heavy atom. The molecular formula is C24H25ClN2O4S. The van der Waals surface area contributed by atoms with E-state index in [1.165, 1.54) is 24.3 Å². The maximum absolute atomic E-state index is 12.7. The van der Waals surface area contributed by atoms with Gasteiger partial charge < -0.3 is 10.1 Å². The first-order valence-electron chi connectivity index (χ1n) is 10.1. The van der Waals surface area contributed by atoms with Crippen LogP contribution in [-0.4, -0.2) is 20.4 Å². The van der Waals surface area contributed by atoms with E-state index in [2.05, 4.69) is 10.0 Å². The van der Waals surface area contributed by atoms with Crippen molar-refractivity contribution in [3.05, 3.63) is 82.9 Å². The minimum Gasteiger partial charge on any atom is -0.480 e. The molecule has 0 unspecified atom stereocenters. The average Bonchev–Trinajstić information content (AvgIpc) is 2.76. The van der Waals surface area contributed by atoms with Gasteiger partial charge in [-0.2, -0.15) is 0 Å². The minimum atomic E-state index is -3.80. The number of hydrogen-bond donors (Lipinski definition) is 2. The molecule has 0 spiro atoms. The Bertz CT molecular complexity index is 1210. The van der Waals surface area contributed by atoms with Crippen molar-refractivity contribution < 1.29 is 17.9 Å². The fraction of sp³-hybridized carbons (Fsp3) is 0.208. The van der Waals surface area contributed by atoms with Gasteiger partial charge in [0.15, 0.2) is 6.10 Å². The molecule has 8 heteroatoms. The third-order valence-electron chi connectivity index (χ3n) is 4.88. The van der Waals surface area contributed by atoms with Crippen LogP contribution in [0, 0.1) is 13.8 Å². The summed E-state index contributed by atoms with van der Waals surface area (Å²) >= 11 is 6.07. The summed E-state index contributed by atoms with van der Waals surface area (Å²) in [4.78, 5) is 12.7. The number of para-hydroxylation sites is 1. The van der Waals surface area contributed by atoms with Gasteiger partial charge in [0.1, 0.15) is 5.75 Å². The van der Waals surface area contributed by atoms with Crippen LogP contribution in [0.5, 0.6) is 5.75 Å². The molecular weight excluding hydrogens is 448 g/mol. The summed E-state index contributed by atoms with van der Waals surface area (Å²) in [5, 5.41) is 3.25. The van der Waals surface area contributed by atoms with Crippen molar-refractivity contribution in [3.63, 3.8) is 0 Å². The molecule has 1 amide bonds. The van der Waals surface area contributed by atoms with Crippen LogP contribution in [0.4, 0.5) is 11.4 Å². The highest BCUT2D eigenvalue weighted by Gasteiger charge is 2.20. The molecule has 168 valence electrons. The Hall–Kier alpha value is -3.03. The predicted molar refractivity (Wildman–Crippen MR) is 128 cm³/mol. The summed E-state index contributed by atoms with van der Waals surface area (Å²) in [6.07, 6.45) is -0.192. The van der Waals surface area contributed by atoms with Gasteiger partial charge in [-0.15, -0.1) is 0 Å². The lowest BCUT2D eigenvalue weighted by Crippen LogP contribution is -2.32. The molecule has 0 radical (unpaired) electrons. The Kier molecular flexibility index (Phi) is 7.43. The lowest BCUT2D eigenvalue weighted by Gasteiger charge is -2.18. The fourth-order valence-corrected chi connectivity index (χ4v) is 4.20. The van der Waals surface area contributed by atoms with Crippen molar-refractivity contribution in [3.8, 4) is 5.75 Å². The van der Waals surface area contributed by atoms with Crippen molar-refractivity contribution in [1.29, 1.82) is 0 Å². The number of anilines is 2. The van der Waals surface area contributed by atoms with E-state index in [1.54, 1.807) is 18.2 Å². The first-order chi connectivity index (χ1) is 15.2. The van der Waals surface area contributed by atoms with Crippen molar-refractivity contribution in [2.75, 3.05) is 10.0 Å². The molecule has 3 aromatic carbocycles. The number of benzene rings is 3. The van der Waals surface area contributed by atoms with E-state index in [4.69, 9.17) is 16.3 Å². The summed E-state index contributed by atoms with van der Waals surface area (Å²) in [5.41, 5.74) is 2.64. The minimum absolute atomic E-state index is 0.0652. The lowest BCUT2D eigenvalue weighted by molar-refractivity contribution is -0.122. The summed E-state index contributed by atoms with van der Waals surface area (Å²) in [7, 11) is -3.80. The van der Waals surface area contributed by atoms with Crippen LogP contribution in [0.25, 0.3) is 0 Å². The SMILES string of the molecule is CC[C@H](Oc1ccccc1C)C(=O)Nc1ccc(S(=O)(=O)Nc2ccc(C)c(Cl)c2)cc1. The van der Waals surface area contributed by atoms with Gasteiger partial charge in [-0.1, -0.05) is 42.8 Å². The molecule has 1 atom stereocenters. The molecule has 0 saturated carbocycles. The highest BCUT2D eigenvalue weighted by Crippen LogP contribution is 2.24. The third kappa shape index (κ3) is 5.81. The topological polar surface area (TPSA) is 84.5 Å². The normalized spacial score (nSPS) is 12.1. The maximum atomic E-state index is 12.7. The third-order valence-corrected chi connectivity index (χ3v) is 6.69. The molecule has 0 saturated heterocycles. The van der Waals surface area contributed by atoms with Crippen LogP contribution in [-0.2, 0) is 14.8 Å². The number of carbonyl (C=O) groups is 1. The Labute approximate surface area is 193 Å². The Morgan fingerprint density at radius 3 is 2.25 bits per heavy atom. The molecule has 32 heavy (non-hydrogen) atoms. The molecule has 3 rings (SSSR count). The quantitative estimate of drug-likeness (QED) is 0.450. The number of carbonyl (C=O) groups excluding carboxylic acids is 1. The molecule has 0 aromatic heterocycles. The molecule has 6 nitrogen and oxygen atoms in total. The number of rotatable bonds is 8. The zero-order valence-electron chi connectivity index (χ0n) is 18.1. The number of ether oxygens (including phenoxy) is 1. The van der Waals surface area contributed by atoms with Gasteiger partial charge in [0, 0.05) is 10.7 Å². The van der Waals surface area contributed by atoms with E-state index in [-0.39, 0.29) is 10.8 Å². The van der Waals surface area contributed by atoms with Gasteiger partial charge in [-0.05, 0) is 73.9 Å². The van der Waals surface area contributed by atoms with Gasteiger partial charge in [-0.3, -0.25) is 9.52 Å². The number of hydrogen-bond acceptors (Lipinski definition) is 4. The summed E-state index contributed by atoms with van der Waals surface area (Å²) < 4.78 is 33.7. The van der Waals surface area contributed by atoms with Crippen molar-refractivity contribution in [2.45, 2.75) is 38.2 Å². The van der Waals surface area contributed by atoms with Gasteiger partial charge >= 0.3 is 0 Å². The fourth-order valence-electron chi connectivity index (χ4n) is 2.97. The van der Waals surface area contributed by atoms with Gasteiger partial charge in [0.05, 0.1) is 10.6 Å². The first kappa shape index (κ1) is 23.6. The standard InChI is InChI=1S/C24H25ClN2O4S/c1-4-22(31-23-8-6-5-7-17(23)3)24(28)26-18-11-13-20(14-12-18)32(29,30)27-19-10-9-16(2)21(25)15-19/h5-15,22,27H,4H2,1-3H3,(H,26,28)/t22-/m0/s1. The van der Waals surface area contributed by atoms with Gasteiger partial charge in [-0.25, -0.2) is 8.42 Å². The largest absolute Gasteiger partial charge is 0.480 e. The molecule has 3 aromatic rings. The Morgan fingerprint density at radius 1 is 0.969 bits per heavy atom. The summed E-state index contributed by atoms with van der Waals surface area (Å²) in [6, 6.07) is 18.4. The maximum Gasteiger partial charge on any atom is 0.265 e. The second-order valence-electron chi connectivity index (χ2n) is 7.36. The summed E-state index contributed by atoms with van der Waals surface area (Å²) in [6.45, 7) is 5.61.